The topological polar surface area (TPSA) is 39.1 Å². The SMILES string of the molecule is CN(Cc1ccc(C#N)cc1F)CC1CCCNC1. The minimum Gasteiger partial charge on any atom is -0.316 e. The third-order valence-corrected chi connectivity index (χ3v) is 3.59. The van der Waals surface area contributed by atoms with Crippen molar-refractivity contribution in [1.29, 1.82) is 5.26 Å². The monoisotopic (exact) mass is 261 g/mol. The van der Waals surface area contributed by atoms with Gasteiger partial charge in [-0.2, -0.15) is 5.26 Å². The second-order valence-electron chi connectivity index (χ2n) is 5.33. The molecular weight excluding hydrogens is 241 g/mol. The summed E-state index contributed by atoms with van der Waals surface area (Å²) in [5, 5.41) is 12.1. The van der Waals surface area contributed by atoms with Gasteiger partial charge in [-0.25, -0.2) is 4.39 Å². The van der Waals surface area contributed by atoms with E-state index in [1.54, 1.807) is 12.1 Å². The predicted octanol–water partition coefficient (Wildman–Crippen LogP) is 2.13. The Kier molecular flexibility index (Phi) is 4.89. The van der Waals surface area contributed by atoms with E-state index in [9.17, 15) is 4.39 Å². The zero-order valence-corrected chi connectivity index (χ0v) is 11.3. The number of nitriles is 1. The van der Waals surface area contributed by atoms with E-state index in [4.69, 9.17) is 5.26 Å². The third-order valence-electron chi connectivity index (χ3n) is 3.59. The molecule has 19 heavy (non-hydrogen) atoms. The molecule has 1 saturated heterocycles. The van der Waals surface area contributed by atoms with Crippen LogP contribution in [0.15, 0.2) is 18.2 Å². The molecule has 2 rings (SSSR count). The van der Waals surface area contributed by atoms with Crippen molar-refractivity contribution < 1.29 is 4.39 Å². The molecule has 3 nitrogen and oxygen atoms in total. The van der Waals surface area contributed by atoms with Crippen molar-refractivity contribution in [3.63, 3.8) is 0 Å². The highest BCUT2D eigenvalue weighted by molar-refractivity contribution is 5.32. The molecule has 1 aromatic rings. The normalized spacial score (nSPS) is 19.4. The first kappa shape index (κ1) is 14.0. The van der Waals surface area contributed by atoms with Crippen molar-refractivity contribution in [2.45, 2.75) is 19.4 Å². The highest BCUT2D eigenvalue weighted by Gasteiger charge is 2.15. The fourth-order valence-electron chi connectivity index (χ4n) is 2.62. The first-order valence-corrected chi connectivity index (χ1v) is 6.77. The highest BCUT2D eigenvalue weighted by Crippen LogP contribution is 2.15. The number of nitrogens with one attached hydrogen (secondary N) is 1. The smallest absolute Gasteiger partial charge is 0.129 e. The van der Waals surface area contributed by atoms with Crippen LogP contribution in [0.1, 0.15) is 24.0 Å². The van der Waals surface area contributed by atoms with Gasteiger partial charge in [0.2, 0.25) is 0 Å². The van der Waals surface area contributed by atoms with Crippen LogP contribution in [-0.4, -0.2) is 31.6 Å². The van der Waals surface area contributed by atoms with Gasteiger partial charge in [-0.05, 0) is 51.0 Å². The molecule has 0 aliphatic carbocycles. The van der Waals surface area contributed by atoms with Gasteiger partial charge >= 0.3 is 0 Å². The molecule has 0 amide bonds. The molecule has 4 heteroatoms. The van der Waals surface area contributed by atoms with Gasteiger partial charge < -0.3 is 10.2 Å². The molecule has 0 radical (unpaired) electrons. The molecule has 1 fully saturated rings. The van der Waals surface area contributed by atoms with Gasteiger partial charge in [0.1, 0.15) is 5.82 Å². The van der Waals surface area contributed by atoms with Crippen LogP contribution in [0, 0.1) is 23.1 Å². The van der Waals surface area contributed by atoms with Crippen LogP contribution in [0.2, 0.25) is 0 Å². The zero-order chi connectivity index (χ0) is 13.7. The fourth-order valence-corrected chi connectivity index (χ4v) is 2.62. The third kappa shape index (κ3) is 4.02. The Labute approximate surface area is 114 Å². The average Bonchev–Trinajstić information content (AvgIpc) is 2.42. The number of hydrogen-bond acceptors (Lipinski definition) is 3. The Bertz CT molecular complexity index is 461. The highest BCUT2D eigenvalue weighted by atomic mass is 19.1. The summed E-state index contributed by atoms with van der Waals surface area (Å²) in [5.41, 5.74) is 1.03. The van der Waals surface area contributed by atoms with E-state index in [-0.39, 0.29) is 5.82 Å². The van der Waals surface area contributed by atoms with Crippen LogP contribution < -0.4 is 5.32 Å². The van der Waals surface area contributed by atoms with E-state index in [0.717, 1.165) is 19.6 Å². The summed E-state index contributed by atoms with van der Waals surface area (Å²) < 4.78 is 13.8. The second kappa shape index (κ2) is 6.65. The second-order valence-corrected chi connectivity index (χ2v) is 5.33. The van der Waals surface area contributed by atoms with Crippen molar-refractivity contribution in [3.05, 3.63) is 35.1 Å². The number of hydrogen-bond donors (Lipinski definition) is 1. The minimum atomic E-state index is -0.285. The quantitative estimate of drug-likeness (QED) is 0.902. The number of benzene rings is 1. The maximum Gasteiger partial charge on any atom is 0.129 e. The predicted molar refractivity (Wildman–Crippen MR) is 73.0 cm³/mol. The zero-order valence-electron chi connectivity index (χ0n) is 11.3. The van der Waals surface area contributed by atoms with E-state index in [1.807, 2.05) is 13.1 Å². The van der Waals surface area contributed by atoms with Gasteiger partial charge in [0.15, 0.2) is 0 Å². The minimum absolute atomic E-state index is 0.285. The van der Waals surface area contributed by atoms with Gasteiger partial charge in [0, 0.05) is 18.7 Å². The van der Waals surface area contributed by atoms with Crippen molar-refractivity contribution in [3.8, 4) is 6.07 Å². The molecule has 0 aromatic heterocycles. The van der Waals surface area contributed by atoms with E-state index in [1.165, 1.54) is 18.9 Å². The molecule has 0 saturated carbocycles. The molecule has 0 spiro atoms. The number of rotatable bonds is 4. The summed E-state index contributed by atoms with van der Waals surface area (Å²) in [7, 11) is 2.02. The first-order valence-electron chi connectivity index (χ1n) is 6.77. The van der Waals surface area contributed by atoms with Crippen LogP contribution >= 0.6 is 0 Å². The van der Waals surface area contributed by atoms with Crippen LogP contribution in [0.5, 0.6) is 0 Å². The van der Waals surface area contributed by atoms with E-state index < -0.39 is 0 Å². The average molecular weight is 261 g/mol. The Balaban J connectivity index is 1.91. The molecule has 1 aromatic carbocycles. The largest absolute Gasteiger partial charge is 0.316 e. The van der Waals surface area contributed by atoms with Gasteiger partial charge in [0.25, 0.3) is 0 Å². The van der Waals surface area contributed by atoms with Crippen molar-refractivity contribution in [2.24, 2.45) is 5.92 Å². The Morgan fingerprint density at radius 1 is 1.53 bits per heavy atom. The number of halogens is 1. The molecule has 0 bridgehead atoms. The van der Waals surface area contributed by atoms with Crippen LogP contribution in [0.3, 0.4) is 0 Å². The summed E-state index contributed by atoms with van der Waals surface area (Å²) in [6, 6.07) is 6.65. The summed E-state index contributed by atoms with van der Waals surface area (Å²) in [6.45, 7) is 3.74. The molecule has 1 aliphatic heterocycles. The molecule has 1 unspecified atom stereocenters. The lowest BCUT2D eigenvalue weighted by Gasteiger charge is -2.27. The van der Waals surface area contributed by atoms with Crippen LogP contribution in [0.25, 0.3) is 0 Å². The maximum absolute atomic E-state index is 13.8. The van der Waals surface area contributed by atoms with Crippen LogP contribution in [0.4, 0.5) is 4.39 Å². The van der Waals surface area contributed by atoms with Gasteiger partial charge in [0.05, 0.1) is 11.6 Å². The summed E-state index contributed by atoms with van der Waals surface area (Å²) in [5.74, 6) is 0.368. The lowest BCUT2D eigenvalue weighted by atomic mass is 9.99. The Morgan fingerprint density at radius 3 is 3.00 bits per heavy atom. The Hall–Kier alpha value is -1.44. The van der Waals surface area contributed by atoms with Crippen molar-refractivity contribution in [2.75, 3.05) is 26.7 Å². The molecule has 1 N–H and O–H groups in total. The van der Waals surface area contributed by atoms with Gasteiger partial charge in [-0.15, -0.1) is 0 Å². The molecule has 1 heterocycles. The summed E-state index contributed by atoms with van der Waals surface area (Å²) >= 11 is 0. The van der Waals surface area contributed by atoms with Gasteiger partial charge in [-0.1, -0.05) is 6.07 Å². The van der Waals surface area contributed by atoms with E-state index >= 15 is 0 Å². The standard InChI is InChI=1S/C15H20FN3/c1-19(10-13-3-2-6-18-9-13)11-14-5-4-12(8-17)7-15(14)16/h4-5,7,13,18H,2-3,6,9-11H2,1H3. The van der Waals surface area contributed by atoms with Crippen LogP contribution in [-0.2, 0) is 6.54 Å². The first-order chi connectivity index (χ1) is 9.19. The summed E-state index contributed by atoms with van der Waals surface area (Å²) in [4.78, 5) is 2.15. The fraction of sp³-hybridized carbons (Fsp3) is 0.533. The molecule has 1 atom stereocenters. The van der Waals surface area contributed by atoms with Crippen molar-refractivity contribution >= 4 is 0 Å². The Morgan fingerprint density at radius 2 is 2.37 bits per heavy atom. The maximum atomic E-state index is 13.8. The number of nitrogens with zero attached hydrogens (tertiary/aromatic N) is 2. The lowest BCUT2D eigenvalue weighted by Crippen LogP contribution is -2.36. The molecule has 102 valence electrons. The van der Waals surface area contributed by atoms with E-state index in [0.29, 0.717) is 23.6 Å². The molecular formula is C15H20FN3. The number of piperidine rings is 1. The van der Waals surface area contributed by atoms with Crippen molar-refractivity contribution in [1.82, 2.24) is 10.2 Å². The summed E-state index contributed by atoms with van der Waals surface area (Å²) in [6.07, 6.45) is 2.47. The molecule has 1 aliphatic rings. The lowest BCUT2D eigenvalue weighted by molar-refractivity contribution is 0.235. The van der Waals surface area contributed by atoms with Gasteiger partial charge in [-0.3, -0.25) is 0 Å². The van der Waals surface area contributed by atoms with E-state index in [2.05, 4.69) is 10.2 Å².